The first-order valence-corrected chi connectivity index (χ1v) is 14.4. The molecular formula is C26H28F6N4O4S. The van der Waals surface area contributed by atoms with Crippen LogP contribution in [0.15, 0.2) is 48.5 Å². The second-order valence-corrected chi connectivity index (χ2v) is 12.1. The summed E-state index contributed by atoms with van der Waals surface area (Å²) in [5, 5.41) is 0. The first kappa shape index (κ1) is 30.6. The van der Waals surface area contributed by atoms with Gasteiger partial charge in [0.15, 0.2) is 0 Å². The van der Waals surface area contributed by atoms with Crippen LogP contribution >= 0.6 is 0 Å². The molecule has 41 heavy (non-hydrogen) atoms. The van der Waals surface area contributed by atoms with E-state index < -0.39 is 63.0 Å². The van der Waals surface area contributed by atoms with E-state index in [0.29, 0.717) is 12.1 Å². The molecule has 0 saturated carbocycles. The smallest absolute Gasteiger partial charge is 0.336 e. The van der Waals surface area contributed by atoms with Gasteiger partial charge in [-0.3, -0.25) is 4.79 Å². The van der Waals surface area contributed by atoms with E-state index in [-0.39, 0.29) is 45.3 Å². The summed E-state index contributed by atoms with van der Waals surface area (Å²) in [4.78, 5) is 30.8. The summed E-state index contributed by atoms with van der Waals surface area (Å²) >= 11 is 0. The van der Waals surface area contributed by atoms with Gasteiger partial charge in [0, 0.05) is 57.8 Å². The molecule has 2 saturated heterocycles. The van der Waals surface area contributed by atoms with Crippen LogP contribution in [-0.2, 0) is 22.4 Å². The minimum Gasteiger partial charge on any atom is -0.336 e. The average Bonchev–Trinajstić information content (AvgIpc) is 3.36. The SMILES string of the molecule is CN(C(=O)c1cc(C(F)(F)F)cc(C(F)(F)F)c1)[C@@H]1CN(C(=O)N2CCN(S(C)(=O)=O)CC2)CC1c1ccccc1. The van der Waals surface area contributed by atoms with Crippen molar-refractivity contribution in [3.8, 4) is 0 Å². The van der Waals surface area contributed by atoms with Gasteiger partial charge in [-0.25, -0.2) is 13.2 Å². The van der Waals surface area contributed by atoms with Gasteiger partial charge < -0.3 is 14.7 Å². The van der Waals surface area contributed by atoms with Gasteiger partial charge in [-0.05, 0) is 23.8 Å². The number of rotatable bonds is 4. The summed E-state index contributed by atoms with van der Waals surface area (Å²) in [6, 6.07) is 8.35. The Kier molecular flexibility index (Phi) is 8.33. The Morgan fingerprint density at radius 2 is 1.37 bits per heavy atom. The number of urea groups is 1. The molecule has 0 spiro atoms. The summed E-state index contributed by atoms with van der Waals surface area (Å²) in [7, 11) is -2.14. The molecule has 0 bridgehead atoms. The topological polar surface area (TPSA) is 81.2 Å². The maximum Gasteiger partial charge on any atom is 0.416 e. The van der Waals surface area contributed by atoms with Crippen molar-refractivity contribution in [2.75, 3.05) is 52.6 Å². The minimum atomic E-state index is -5.11. The number of halogens is 6. The van der Waals surface area contributed by atoms with Gasteiger partial charge in [0.25, 0.3) is 5.91 Å². The summed E-state index contributed by atoms with van der Waals surface area (Å²) < 4.78 is 105. The van der Waals surface area contributed by atoms with E-state index in [1.807, 2.05) is 0 Å². The summed E-state index contributed by atoms with van der Waals surface area (Å²) in [6.45, 7) is 0.606. The van der Waals surface area contributed by atoms with Crippen molar-refractivity contribution in [1.29, 1.82) is 0 Å². The normalized spacial score (nSPS) is 20.8. The third-order valence-corrected chi connectivity index (χ3v) is 8.72. The van der Waals surface area contributed by atoms with Crippen molar-refractivity contribution in [2.24, 2.45) is 0 Å². The minimum absolute atomic E-state index is 0.0297. The second-order valence-electron chi connectivity index (χ2n) is 10.1. The Morgan fingerprint density at radius 1 is 0.829 bits per heavy atom. The van der Waals surface area contributed by atoms with Crippen LogP contribution in [0.2, 0.25) is 0 Å². The monoisotopic (exact) mass is 606 g/mol. The van der Waals surface area contributed by atoms with Crippen LogP contribution in [-0.4, -0.2) is 98.0 Å². The molecule has 2 aliphatic rings. The molecule has 0 N–H and O–H groups in total. The zero-order valence-electron chi connectivity index (χ0n) is 22.1. The Balaban J connectivity index is 1.61. The number of alkyl halides is 6. The number of hydrogen-bond acceptors (Lipinski definition) is 4. The third-order valence-electron chi connectivity index (χ3n) is 7.42. The highest BCUT2D eigenvalue weighted by Gasteiger charge is 2.43. The number of hydrogen-bond donors (Lipinski definition) is 0. The van der Waals surface area contributed by atoms with E-state index in [2.05, 4.69) is 0 Å². The molecule has 2 atom stereocenters. The number of sulfonamides is 1. The van der Waals surface area contributed by atoms with E-state index in [4.69, 9.17) is 0 Å². The maximum atomic E-state index is 13.4. The maximum absolute atomic E-state index is 13.4. The van der Waals surface area contributed by atoms with Crippen LogP contribution in [0.1, 0.15) is 33.0 Å². The number of likely N-dealkylation sites (tertiary alicyclic amines) is 1. The highest BCUT2D eigenvalue weighted by molar-refractivity contribution is 7.88. The van der Waals surface area contributed by atoms with Gasteiger partial charge >= 0.3 is 18.4 Å². The standard InChI is InChI=1S/C26H28F6N4O4S/c1-33(23(37)18-12-19(25(27,28)29)14-20(13-18)26(30,31)32)22-16-35(15-21(22)17-6-4-3-5-7-17)24(38)34-8-10-36(11-9-34)41(2,39)40/h3-7,12-14,21-22H,8-11,15-16H2,1-2H3/t21?,22-/m1/s1. The van der Waals surface area contributed by atoms with E-state index in [0.717, 1.165) is 16.7 Å². The molecule has 224 valence electrons. The van der Waals surface area contributed by atoms with Gasteiger partial charge in [0.05, 0.1) is 23.4 Å². The molecule has 15 heteroatoms. The number of amides is 3. The summed E-state index contributed by atoms with van der Waals surface area (Å²) in [5.74, 6) is -1.54. The lowest BCUT2D eigenvalue weighted by atomic mass is 9.93. The van der Waals surface area contributed by atoms with E-state index in [1.54, 1.807) is 30.3 Å². The summed E-state index contributed by atoms with van der Waals surface area (Å²) in [6.07, 6.45) is -9.15. The van der Waals surface area contributed by atoms with Gasteiger partial charge in [-0.1, -0.05) is 30.3 Å². The molecule has 2 aromatic carbocycles. The number of piperazine rings is 1. The van der Waals surface area contributed by atoms with Gasteiger partial charge in [-0.2, -0.15) is 30.6 Å². The third kappa shape index (κ3) is 6.77. The number of benzene rings is 2. The molecule has 3 amide bonds. The van der Waals surface area contributed by atoms with Gasteiger partial charge in [-0.15, -0.1) is 0 Å². The zero-order valence-corrected chi connectivity index (χ0v) is 22.9. The van der Waals surface area contributed by atoms with Crippen molar-refractivity contribution in [1.82, 2.24) is 19.0 Å². The second kappa shape index (κ2) is 11.2. The first-order valence-electron chi connectivity index (χ1n) is 12.6. The molecule has 0 radical (unpaired) electrons. The van der Waals surface area contributed by atoms with Gasteiger partial charge in [0.1, 0.15) is 0 Å². The predicted octanol–water partition coefficient (Wildman–Crippen LogP) is 3.96. The summed E-state index contributed by atoms with van der Waals surface area (Å²) in [5.41, 5.74) is -3.24. The lowest BCUT2D eigenvalue weighted by Crippen LogP contribution is -2.53. The molecule has 2 fully saturated rings. The van der Waals surface area contributed by atoms with Crippen molar-refractivity contribution in [3.05, 3.63) is 70.8 Å². The number of carbonyl (C=O) groups is 2. The fourth-order valence-corrected chi connectivity index (χ4v) is 6.03. The molecule has 2 heterocycles. The fraction of sp³-hybridized carbons (Fsp3) is 0.462. The van der Waals surface area contributed by atoms with E-state index >= 15 is 0 Å². The van der Waals surface area contributed by atoms with Crippen LogP contribution in [0.3, 0.4) is 0 Å². The quantitative estimate of drug-likeness (QED) is 0.494. The first-order chi connectivity index (χ1) is 19.0. The molecule has 1 unspecified atom stereocenters. The van der Waals surface area contributed by atoms with Gasteiger partial charge in [0.2, 0.25) is 10.0 Å². The Hall–Kier alpha value is -3.33. The fourth-order valence-electron chi connectivity index (χ4n) is 5.21. The molecular weight excluding hydrogens is 578 g/mol. The van der Waals surface area contributed by atoms with Crippen LogP contribution in [0.25, 0.3) is 0 Å². The molecule has 0 aliphatic carbocycles. The number of nitrogens with zero attached hydrogens (tertiary/aromatic N) is 4. The molecule has 0 aromatic heterocycles. The van der Waals surface area contributed by atoms with Crippen LogP contribution in [0.5, 0.6) is 0 Å². The number of carbonyl (C=O) groups excluding carboxylic acids is 2. The van der Waals surface area contributed by atoms with E-state index in [9.17, 15) is 44.3 Å². The lowest BCUT2D eigenvalue weighted by Gasteiger charge is -2.35. The Bertz CT molecular complexity index is 1360. The largest absolute Gasteiger partial charge is 0.416 e. The van der Waals surface area contributed by atoms with Crippen molar-refractivity contribution in [2.45, 2.75) is 24.3 Å². The molecule has 4 rings (SSSR count). The van der Waals surface area contributed by atoms with E-state index in [1.165, 1.54) is 21.2 Å². The van der Waals surface area contributed by atoms with Crippen molar-refractivity contribution >= 4 is 22.0 Å². The van der Waals surface area contributed by atoms with Crippen LogP contribution < -0.4 is 0 Å². The lowest BCUT2D eigenvalue weighted by molar-refractivity contribution is -0.143. The van der Waals surface area contributed by atoms with Crippen LogP contribution in [0, 0.1) is 0 Å². The zero-order chi connectivity index (χ0) is 30.3. The number of likely N-dealkylation sites (N-methyl/N-ethyl adjacent to an activating group) is 1. The highest BCUT2D eigenvalue weighted by Crippen LogP contribution is 2.37. The van der Waals surface area contributed by atoms with Crippen molar-refractivity contribution in [3.63, 3.8) is 0 Å². The average molecular weight is 607 g/mol. The predicted molar refractivity (Wildman–Crippen MR) is 136 cm³/mol. The molecule has 2 aromatic rings. The molecule has 8 nitrogen and oxygen atoms in total. The van der Waals surface area contributed by atoms with Crippen molar-refractivity contribution < 1.29 is 44.3 Å². The highest BCUT2D eigenvalue weighted by atomic mass is 32.2. The Morgan fingerprint density at radius 3 is 1.85 bits per heavy atom. The van der Waals surface area contributed by atoms with Crippen LogP contribution in [0.4, 0.5) is 31.1 Å². The Labute approximate surface area is 233 Å². The molecule has 2 aliphatic heterocycles.